The maximum absolute atomic E-state index is 11.7. The second kappa shape index (κ2) is 6.88. The third kappa shape index (κ3) is 3.94. The summed E-state index contributed by atoms with van der Waals surface area (Å²) in [5, 5.41) is 13.6. The summed E-state index contributed by atoms with van der Waals surface area (Å²) >= 11 is 0. The zero-order valence-electron chi connectivity index (χ0n) is 11.5. The highest BCUT2D eigenvalue weighted by molar-refractivity contribution is 6.06. The number of carbonyl (C=O) groups is 4. The normalized spacial score (nSPS) is 19.9. The maximum Gasteiger partial charge on any atom is 0.326 e. The second-order valence-corrected chi connectivity index (χ2v) is 4.70. The molecule has 1 fully saturated rings. The minimum Gasteiger partial charge on any atom is -0.480 e. The van der Waals surface area contributed by atoms with Crippen LogP contribution in [0.2, 0.25) is 0 Å². The SMILES string of the molecule is CCCCC(NC(=O)NC1CC(=O)N(C)C1=O)C(=O)O. The highest BCUT2D eigenvalue weighted by atomic mass is 16.4. The lowest BCUT2D eigenvalue weighted by molar-refractivity contribution is -0.139. The van der Waals surface area contributed by atoms with Crippen LogP contribution in [-0.2, 0) is 14.4 Å². The van der Waals surface area contributed by atoms with Gasteiger partial charge in [0.1, 0.15) is 12.1 Å². The first-order valence-corrected chi connectivity index (χ1v) is 6.47. The fraction of sp³-hybridized carbons (Fsp3) is 0.667. The Balaban J connectivity index is 2.52. The number of urea groups is 1. The Bertz CT molecular complexity index is 423. The van der Waals surface area contributed by atoms with E-state index >= 15 is 0 Å². The Morgan fingerprint density at radius 1 is 1.45 bits per heavy atom. The Labute approximate surface area is 116 Å². The fourth-order valence-corrected chi connectivity index (χ4v) is 1.89. The summed E-state index contributed by atoms with van der Waals surface area (Å²) in [7, 11) is 1.34. The fourth-order valence-electron chi connectivity index (χ4n) is 1.89. The molecule has 8 nitrogen and oxygen atoms in total. The van der Waals surface area contributed by atoms with Crippen molar-refractivity contribution in [3.8, 4) is 0 Å². The molecule has 1 aliphatic rings. The molecule has 20 heavy (non-hydrogen) atoms. The molecule has 8 heteroatoms. The number of aliphatic carboxylic acids is 1. The van der Waals surface area contributed by atoms with E-state index < -0.39 is 30.0 Å². The molecule has 4 amide bonds. The van der Waals surface area contributed by atoms with Crippen LogP contribution in [0.25, 0.3) is 0 Å². The molecule has 112 valence electrons. The van der Waals surface area contributed by atoms with Crippen molar-refractivity contribution in [2.24, 2.45) is 0 Å². The van der Waals surface area contributed by atoms with Gasteiger partial charge >= 0.3 is 12.0 Å². The van der Waals surface area contributed by atoms with Crippen molar-refractivity contribution in [3.05, 3.63) is 0 Å². The van der Waals surface area contributed by atoms with Crippen LogP contribution in [0, 0.1) is 0 Å². The number of likely N-dealkylation sites (tertiary alicyclic amines) is 1. The van der Waals surface area contributed by atoms with Crippen LogP contribution >= 0.6 is 0 Å². The van der Waals surface area contributed by atoms with Crippen molar-refractivity contribution in [2.45, 2.75) is 44.7 Å². The number of hydrogen-bond donors (Lipinski definition) is 3. The zero-order chi connectivity index (χ0) is 15.3. The zero-order valence-corrected chi connectivity index (χ0v) is 11.5. The van der Waals surface area contributed by atoms with Crippen LogP contribution in [-0.4, -0.2) is 53.0 Å². The molecule has 0 spiro atoms. The van der Waals surface area contributed by atoms with E-state index in [4.69, 9.17) is 5.11 Å². The monoisotopic (exact) mass is 285 g/mol. The molecule has 1 saturated heterocycles. The van der Waals surface area contributed by atoms with Gasteiger partial charge in [0.15, 0.2) is 0 Å². The van der Waals surface area contributed by atoms with Crippen molar-refractivity contribution < 1.29 is 24.3 Å². The molecule has 0 aliphatic carbocycles. The van der Waals surface area contributed by atoms with Gasteiger partial charge in [-0.15, -0.1) is 0 Å². The summed E-state index contributed by atoms with van der Waals surface area (Å²) in [6, 6.07) is -2.68. The first-order chi connectivity index (χ1) is 9.36. The van der Waals surface area contributed by atoms with Crippen molar-refractivity contribution >= 4 is 23.8 Å². The molecule has 0 bridgehead atoms. The molecule has 2 atom stereocenters. The number of amides is 4. The predicted octanol–water partition coefficient (Wildman–Crippen LogP) is -0.314. The van der Waals surface area contributed by atoms with Gasteiger partial charge in [0.2, 0.25) is 5.91 Å². The van der Waals surface area contributed by atoms with Gasteiger partial charge < -0.3 is 15.7 Å². The molecule has 0 radical (unpaired) electrons. The minimum atomic E-state index is -1.13. The third-order valence-corrected chi connectivity index (χ3v) is 3.14. The number of imide groups is 1. The number of nitrogens with zero attached hydrogens (tertiary/aromatic N) is 1. The van der Waals surface area contributed by atoms with Gasteiger partial charge in [-0.3, -0.25) is 14.5 Å². The molecule has 0 aromatic rings. The Hall–Kier alpha value is -2.12. The molecular weight excluding hydrogens is 266 g/mol. The number of carbonyl (C=O) groups excluding carboxylic acids is 3. The van der Waals surface area contributed by atoms with Crippen molar-refractivity contribution in [1.82, 2.24) is 15.5 Å². The summed E-state index contributed by atoms with van der Waals surface area (Å²) in [5.41, 5.74) is 0. The summed E-state index contributed by atoms with van der Waals surface area (Å²) < 4.78 is 0. The summed E-state index contributed by atoms with van der Waals surface area (Å²) in [5.74, 6) is -1.99. The molecule has 1 heterocycles. The largest absolute Gasteiger partial charge is 0.480 e. The van der Waals surface area contributed by atoms with E-state index in [1.54, 1.807) is 0 Å². The van der Waals surface area contributed by atoms with Crippen LogP contribution < -0.4 is 10.6 Å². The lowest BCUT2D eigenvalue weighted by Gasteiger charge is -2.16. The van der Waals surface area contributed by atoms with Gasteiger partial charge in [0.25, 0.3) is 5.91 Å². The number of likely N-dealkylation sites (N-methyl/N-ethyl adjacent to an activating group) is 1. The standard InChI is InChI=1S/C12H19N3O5/c1-3-4-5-7(11(18)19)13-12(20)14-8-6-9(16)15(2)10(8)17/h7-8H,3-6H2,1-2H3,(H,18,19)(H2,13,14,20). The summed E-state index contributed by atoms with van der Waals surface area (Å²) in [4.78, 5) is 46.5. The van der Waals surface area contributed by atoms with Crippen molar-refractivity contribution in [3.63, 3.8) is 0 Å². The number of carboxylic acids is 1. The van der Waals surface area contributed by atoms with Gasteiger partial charge in [-0.05, 0) is 6.42 Å². The maximum atomic E-state index is 11.7. The van der Waals surface area contributed by atoms with Gasteiger partial charge in [-0.2, -0.15) is 0 Å². The van der Waals surface area contributed by atoms with E-state index in [1.165, 1.54) is 7.05 Å². The summed E-state index contributed by atoms with van der Waals surface area (Å²) in [6.45, 7) is 1.91. The van der Waals surface area contributed by atoms with Crippen molar-refractivity contribution in [2.75, 3.05) is 7.05 Å². The molecule has 0 saturated carbocycles. The Morgan fingerprint density at radius 3 is 2.55 bits per heavy atom. The number of carboxylic acid groups (broad SMARTS) is 1. The number of nitrogens with one attached hydrogen (secondary N) is 2. The van der Waals surface area contributed by atoms with E-state index in [1.807, 2.05) is 6.92 Å². The summed E-state index contributed by atoms with van der Waals surface area (Å²) in [6.07, 6.45) is 1.69. The Kier molecular flexibility index (Phi) is 5.48. The molecule has 0 aromatic heterocycles. The molecule has 0 aromatic carbocycles. The van der Waals surface area contributed by atoms with E-state index in [9.17, 15) is 19.2 Å². The van der Waals surface area contributed by atoms with Crippen LogP contribution in [0.5, 0.6) is 0 Å². The lowest BCUT2D eigenvalue weighted by atomic mass is 10.1. The first kappa shape index (κ1) is 15.9. The van der Waals surface area contributed by atoms with Crippen molar-refractivity contribution in [1.29, 1.82) is 0 Å². The number of unbranched alkanes of at least 4 members (excludes halogenated alkanes) is 1. The second-order valence-electron chi connectivity index (χ2n) is 4.70. The number of rotatable bonds is 6. The number of hydrogen-bond acceptors (Lipinski definition) is 4. The van der Waals surface area contributed by atoms with Crippen LogP contribution in [0.1, 0.15) is 32.6 Å². The quantitative estimate of drug-likeness (QED) is 0.579. The average Bonchev–Trinajstić information content (AvgIpc) is 2.61. The molecule has 2 unspecified atom stereocenters. The highest BCUT2D eigenvalue weighted by Gasteiger charge is 2.37. The molecule has 1 rings (SSSR count). The van der Waals surface area contributed by atoms with Crippen LogP contribution in [0.4, 0.5) is 4.79 Å². The van der Waals surface area contributed by atoms with E-state index in [0.717, 1.165) is 11.3 Å². The van der Waals surface area contributed by atoms with Gasteiger partial charge in [-0.25, -0.2) is 9.59 Å². The van der Waals surface area contributed by atoms with Gasteiger partial charge in [-0.1, -0.05) is 19.8 Å². The highest BCUT2D eigenvalue weighted by Crippen LogP contribution is 2.10. The van der Waals surface area contributed by atoms with E-state index in [0.29, 0.717) is 12.8 Å². The van der Waals surface area contributed by atoms with E-state index in [2.05, 4.69) is 10.6 Å². The molecular formula is C12H19N3O5. The molecule has 1 aliphatic heterocycles. The lowest BCUT2D eigenvalue weighted by Crippen LogP contribution is -2.50. The topological polar surface area (TPSA) is 116 Å². The average molecular weight is 285 g/mol. The van der Waals surface area contributed by atoms with Gasteiger partial charge in [0.05, 0.1) is 6.42 Å². The van der Waals surface area contributed by atoms with E-state index in [-0.39, 0.29) is 12.3 Å². The minimum absolute atomic E-state index is 0.102. The van der Waals surface area contributed by atoms with Crippen LogP contribution in [0.15, 0.2) is 0 Å². The van der Waals surface area contributed by atoms with Crippen LogP contribution in [0.3, 0.4) is 0 Å². The third-order valence-electron chi connectivity index (χ3n) is 3.14. The smallest absolute Gasteiger partial charge is 0.326 e. The first-order valence-electron chi connectivity index (χ1n) is 6.47. The predicted molar refractivity (Wildman–Crippen MR) is 68.8 cm³/mol. The van der Waals surface area contributed by atoms with Gasteiger partial charge in [0, 0.05) is 7.05 Å². The molecule has 3 N–H and O–H groups in total. The Morgan fingerprint density at radius 2 is 2.10 bits per heavy atom.